The van der Waals surface area contributed by atoms with Crippen LogP contribution >= 0.6 is 19.5 Å². The van der Waals surface area contributed by atoms with Crippen LogP contribution in [-0.2, 0) is 0 Å². The molecule has 0 aliphatic heterocycles. The molecule has 3 rings (SSSR count). The SMILES string of the molecule is Fc1c(Cl)cccc1P(c1ccccc1)c1ccccc1. The van der Waals surface area contributed by atoms with Crippen molar-refractivity contribution >= 4 is 35.4 Å². The van der Waals surface area contributed by atoms with Crippen molar-refractivity contribution in [3.63, 3.8) is 0 Å². The Kier molecular flexibility index (Phi) is 4.34. The average molecular weight is 315 g/mol. The highest BCUT2D eigenvalue weighted by Crippen LogP contribution is 2.34. The molecule has 3 aromatic rings. The van der Waals surface area contributed by atoms with Crippen molar-refractivity contribution in [3.8, 4) is 0 Å². The van der Waals surface area contributed by atoms with Gasteiger partial charge in [-0.2, -0.15) is 0 Å². The Morgan fingerprint density at radius 3 is 1.71 bits per heavy atom. The first-order valence-corrected chi connectivity index (χ1v) is 8.33. The van der Waals surface area contributed by atoms with Crippen LogP contribution in [0.3, 0.4) is 0 Å². The molecule has 0 atom stereocenters. The van der Waals surface area contributed by atoms with E-state index in [4.69, 9.17) is 11.6 Å². The van der Waals surface area contributed by atoms with Crippen LogP contribution in [0.25, 0.3) is 0 Å². The summed E-state index contributed by atoms with van der Waals surface area (Å²) in [5, 5.41) is 3.06. The van der Waals surface area contributed by atoms with E-state index >= 15 is 0 Å². The van der Waals surface area contributed by atoms with E-state index in [2.05, 4.69) is 0 Å². The quantitative estimate of drug-likeness (QED) is 0.634. The van der Waals surface area contributed by atoms with Gasteiger partial charge >= 0.3 is 0 Å². The second-order valence-electron chi connectivity index (χ2n) is 4.58. The molecule has 104 valence electrons. The topological polar surface area (TPSA) is 0 Å². The highest BCUT2D eigenvalue weighted by atomic mass is 35.5. The van der Waals surface area contributed by atoms with Crippen LogP contribution in [-0.4, -0.2) is 0 Å². The van der Waals surface area contributed by atoms with Crippen molar-refractivity contribution in [1.29, 1.82) is 0 Å². The Morgan fingerprint density at radius 2 is 1.19 bits per heavy atom. The zero-order valence-corrected chi connectivity index (χ0v) is 12.9. The zero-order chi connectivity index (χ0) is 14.7. The minimum absolute atomic E-state index is 0.173. The van der Waals surface area contributed by atoms with Gasteiger partial charge in [0, 0.05) is 5.30 Å². The van der Waals surface area contributed by atoms with E-state index in [0.29, 0.717) is 5.30 Å². The molecule has 0 aromatic heterocycles. The molecule has 0 amide bonds. The smallest absolute Gasteiger partial charge is 0.150 e. The summed E-state index contributed by atoms with van der Waals surface area (Å²) in [7, 11) is -0.942. The third-order valence-electron chi connectivity index (χ3n) is 3.20. The van der Waals surface area contributed by atoms with Gasteiger partial charge in [0.15, 0.2) is 0 Å². The van der Waals surface area contributed by atoms with Crippen molar-refractivity contribution < 1.29 is 4.39 Å². The Morgan fingerprint density at radius 1 is 0.667 bits per heavy atom. The van der Waals surface area contributed by atoms with Gasteiger partial charge in [0.2, 0.25) is 0 Å². The predicted molar refractivity (Wildman–Crippen MR) is 90.1 cm³/mol. The van der Waals surface area contributed by atoms with Gasteiger partial charge in [-0.3, -0.25) is 0 Å². The van der Waals surface area contributed by atoms with E-state index < -0.39 is 7.92 Å². The third kappa shape index (κ3) is 3.00. The molecule has 0 spiro atoms. The Balaban J connectivity index is 2.20. The molecule has 3 heteroatoms. The van der Waals surface area contributed by atoms with Crippen LogP contribution in [0.5, 0.6) is 0 Å². The van der Waals surface area contributed by atoms with Crippen LogP contribution in [0.2, 0.25) is 5.02 Å². The average Bonchev–Trinajstić information content (AvgIpc) is 2.54. The van der Waals surface area contributed by atoms with Crippen LogP contribution < -0.4 is 15.9 Å². The van der Waals surface area contributed by atoms with Crippen molar-refractivity contribution in [2.45, 2.75) is 0 Å². The molecule has 0 unspecified atom stereocenters. The van der Waals surface area contributed by atoms with E-state index in [1.165, 1.54) is 0 Å². The van der Waals surface area contributed by atoms with Crippen molar-refractivity contribution in [2.75, 3.05) is 0 Å². The molecule has 0 saturated heterocycles. The molecular formula is C18H13ClFP. The highest BCUT2D eigenvalue weighted by Gasteiger charge is 2.20. The first kappa shape index (κ1) is 14.3. The molecule has 0 saturated carbocycles. The largest absolute Gasteiger partial charge is 0.205 e. The Labute approximate surface area is 130 Å². The lowest BCUT2D eigenvalue weighted by atomic mass is 10.3. The van der Waals surface area contributed by atoms with Crippen LogP contribution in [0.4, 0.5) is 4.39 Å². The van der Waals surface area contributed by atoms with Crippen molar-refractivity contribution in [1.82, 2.24) is 0 Å². The third-order valence-corrected chi connectivity index (χ3v) is 5.95. The molecule has 0 aliphatic carbocycles. The standard InChI is InChI=1S/C18H13ClFP/c19-16-12-7-13-17(18(16)20)21(14-8-3-1-4-9-14)15-10-5-2-6-11-15/h1-13H. The van der Waals surface area contributed by atoms with E-state index in [9.17, 15) is 4.39 Å². The molecule has 0 heterocycles. The number of hydrogen-bond donors (Lipinski definition) is 0. The minimum Gasteiger partial charge on any atom is -0.205 e. The minimum atomic E-state index is -0.942. The van der Waals surface area contributed by atoms with Crippen LogP contribution in [0.1, 0.15) is 0 Å². The molecule has 3 aromatic carbocycles. The first-order chi connectivity index (χ1) is 10.3. The van der Waals surface area contributed by atoms with E-state index in [-0.39, 0.29) is 10.8 Å². The maximum Gasteiger partial charge on any atom is 0.150 e. The molecule has 0 fully saturated rings. The van der Waals surface area contributed by atoms with E-state index in [1.807, 2.05) is 72.8 Å². The monoisotopic (exact) mass is 314 g/mol. The van der Waals surface area contributed by atoms with Gasteiger partial charge < -0.3 is 0 Å². The lowest BCUT2D eigenvalue weighted by Crippen LogP contribution is -2.22. The Hall–Kier alpha value is -1.69. The summed E-state index contributed by atoms with van der Waals surface area (Å²) in [4.78, 5) is 0. The summed E-state index contributed by atoms with van der Waals surface area (Å²) >= 11 is 5.97. The fourth-order valence-electron chi connectivity index (χ4n) is 2.25. The summed E-state index contributed by atoms with van der Waals surface area (Å²) in [5.74, 6) is -0.321. The van der Waals surface area contributed by atoms with Crippen molar-refractivity contribution in [2.24, 2.45) is 0 Å². The fourth-order valence-corrected chi connectivity index (χ4v) is 4.83. The first-order valence-electron chi connectivity index (χ1n) is 6.61. The van der Waals surface area contributed by atoms with Gasteiger partial charge in [-0.25, -0.2) is 4.39 Å². The Bertz CT molecular complexity index is 689. The summed E-state index contributed by atoms with van der Waals surface area (Å²) in [6, 6.07) is 25.2. The van der Waals surface area contributed by atoms with Gasteiger partial charge in [-0.15, -0.1) is 0 Å². The normalized spacial score (nSPS) is 10.8. The van der Waals surface area contributed by atoms with Gasteiger partial charge in [-0.05, 0) is 24.6 Å². The van der Waals surface area contributed by atoms with Gasteiger partial charge in [0.25, 0.3) is 0 Å². The van der Waals surface area contributed by atoms with Gasteiger partial charge in [0.05, 0.1) is 5.02 Å². The predicted octanol–water partition coefficient (Wildman–Crippen LogP) is 4.24. The van der Waals surface area contributed by atoms with E-state index in [0.717, 1.165) is 10.6 Å². The van der Waals surface area contributed by atoms with Crippen molar-refractivity contribution in [3.05, 3.63) is 89.7 Å². The number of benzene rings is 3. The molecule has 0 nitrogen and oxygen atoms in total. The van der Waals surface area contributed by atoms with Gasteiger partial charge in [-0.1, -0.05) is 84.4 Å². The second kappa shape index (κ2) is 6.39. The van der Waals surface area contributed by atoms with E-state index in [1.54, 1.807) is 6.07 Å². The summed E-state index contributed by atoms with van der Waals surface area (Å²) < 4.78 is 14.5. The number of halogens is 2. The molecule has 0 aliphatic rings. The molecule has 21 heavy (non-hydrogen) atoms. The lowest BCUT2D eigenvalue weighted by molar-refractivity contribution is 0.637. The molecule has 0 radical (unpaired) electrons. The number of rotatable bonds is 3. The van der Waals surface area contributed by atoms with Crippen LogP contribution in [0, 0.1) is 5.82 Å². The summed E-state index contributed by atoms with van der Waals surface area (Å²) in [6.45, 7) is 0. The number of hydrogen-bond acceptors (Lipinski definition) is 0. The lowest BCUT2D eigenvalue weighted by Gasteiger charge is -2.20. The summed E-state index contributed by atoms with van der Waals surface area (Å²) in [6.07, 6.45) is 0. The fraction of sp³-hybridized carbons (Fsp3) is 0. The summed E-state index contributed by atoms with van der Waals surface area (Å²) in [5.41, 5.74) is 0. The molecule has 0 N–H and O–H groups in total. The molecule has 0 bridgehead atoms. The molecular weight excluding hydrogens is 302 g/mol. The van der Waals surface area contributed by atoms with Crippen LogP contribution in [0.15, 0.2) is 78.9 Å². The maximum absolute atomic E-state index is 14.5. The van der Waals surface area contributed by atoms with Gasteiger partial charge in [0.1, 0.15) is 5.82 Å². The second-order valence-corrected chi connectivity index (χ2v) is 7.17. The highest BCUT2D eigenvalue weighted by molar-refractivity contribution is 7.79. The zero-order valence-electron chi connectivity index (χ0n) is 11.2. The maximum atomic E-state index is 14.5.